The molecule has 2 heterocycles. The zero-order valence-electron chi connectivity index (χ0n) is 17.9. The lowest BCUT2D eigenvalue weighted by molar-refractivity contribution is -0.119. The van der Waals surface area contributed by atoms with Crippen molar-refractivity contribution in [1.29, 1.82) is 0 Å². The molecule has 4 aromatic rings. The first-order chi connectivity index (χ1) is 15.6. The molecule has 6 heteroatoms. The summed E-state index contributed by atoms with van der Waals surface area (Å²) in [5.74, 6) is 1.35. The van der Waals surface area contributed by atoms with E-state index in [-0.39, 0.29) is 18.3 Å². The quantitative estimate of drug-likeness (QED) is 0.447. The van der Waals surface area contributed by atoms with Gasteiger partial charge in [0.25, 0.3) is 0 Å². The lowest BCUT2D eigenvalue weighted by Crippen LogP contribution is -2.35. The van der Waals surface area contributed by atoms with Crippen LogP contribution < -0.4 is 9.64 Å². The summed E-state index contributed by atoms with van der Waals surface area (Å²) in [6, 6.07) is 20.2. The fourth-order valence-electron chi connectivity index (χ4n) is 4.23. The monoisotopic (exact) mass is 429 g/mol. The van der Waals surface area contributed by atoms with Crippen molar-refractivity contribution in [3.05, 3.63) is 89.5 Å². The van der Waals surface area contributed by atoms with Crippen LogP contribution in [0.1, 0.15) is 17.0 Å². The van der Waals surface area contributed by atoms with E-state index in [9.17, 15) is 9.18 Å². The van der Waals surface area contributed by atoms with E-state index in [0.29, 0.717) is 19.6 Å². The minimum atomic E-state index is -0.264. The molecule has 3 aromatic carbocycles. The molecule has 0 bridgehead atoms. The summed E-state index contributed by atoms with van der Waals surface area (Å²) < 4.78 is 21.0. The summed E-state index contributed by atoms with van der Waals surface area (Å²) in [6.45, 7) is 3.25. The number of anilines is 1. The number of rotatable bonds is 6. The summed E-state index contributed by atoms with van der Waals surface area (Å²) in [5.41, 5.74) is 4.76. The van der Waals surface area contributed by atoms with E-state index >= 15 is 0 Å². The molecule has 0 spiro atoms. The third-order valence-electron chi connectivity index (χ3n) is 5.97. The van der Waals surface area contributed by atoms with E-state index in [1.165, 1.54) is 12.1 Å². The molecule has 0 saturated carbocycles. The van der Waals surface area contributed by atoms with E-state index in [0.717, 1.165) is 45.8 Å². The Bertz CT molecular complexity index is 1280. The number of carbonyl (C=O) groups excluding carboxylic acids is 1. The first kappa shape index (κ1) is 20.2. The van der Waals surface area contributed by atoms with Crippen LogP contribution in [0.5, 0.6) is 5.75 Å². The maximum atomic E-state index is 13.6. The number of amides is 1. The molecule has 1 aromatic heterocycles. The molecular weight excluding hydrogens is 405 g/mol. The molecule has 32 heavy (non-hydrogen) atoms. The van der Waals surface area contributed by atoms with Gasteiger partial charge in [-0.25, -0.2) is 9.37 Å². The molecule has 0 fully saturated rings. The number of carbonyl (C=O) groups is 1. The van der Waals surface area contributed by atoms with Crippen molar-refractivity contribution in [3.63, 3.8) is 0 Å². The number of ether oxygens (including phenoxy) is 1. The van der Waals surface area contributed by atoms with Crippen LogP contribution in [0.25, 0.3) is 11.0 Å². The van der Waals surface area contributed by atoms with Crippen LogP contribution in [0.15, 0.2) is 66.7 Å². The Balaban J connectivity index is 1.44. The van der Waals surface area contributed by atoms with Crippen LogP contribution in [0.3, 0.4) is 0 Å². The van der Waals surface area contributed by atoms with Crippen LogP contribution in [-0.4, -0.2) is 28.6 Å². The van der Waals surface area contributed by atoms with Gasteiger partial charge in [0.15, 0.2) is 0 Å². The van der Waals surface area contributed by atoms with Crippen molar-refractivity contribution in [2.45, 2.75) is 26.3 Å². The SMILES string of the molecule is Cc1nc2ccccc2n1CC(=O)N(CCc1ccc(F)cc1)c1ccc2c(c1)OCC2. The van der Waals surface area contributed by atoms with E-state index in [2.05, 4.69) is 4.98 Å². The van der Waals surface area contributed by atoms with Gasteiger partial charge in [-0.3, -0.25) is 4.79 Å². The number of fused-ring (bicyclic) bond motifs is 2. The molecule has 0 unspecified atom stereocenters. The predicted octanol–water partition coefficient (Wildman–Crippen LogP) is 4.69. The van der Waals surface area contributed by atoms with Crippen molar-refractivity contribution in [2.75, 3.05) is 18.1 Å². The second kappa shape index (κ2) is 8.46. The molecule has 5 nitrogen and oxygen atoms in total. The van der Waals surface area contributed by atoms with Gasteiger partial charge in [-0.15, -0.1) is 0 Å². The van der Waals surface area contributed by atoms with Crippen LogP contribution >= 0.6 is 0 Å². The lowest BCUT2D eigenvalue weighted by Gasteiger charge is -2.24. The van der Waals surface area contributed by atoms with Gasteiger partial charge in [-0.1, -0.05) is 30.3 Å². The van der Waals surface area contributed by atoms with Crippen molar-refractivity contribution in [3.8, 4) is 5.75 Å². The third kappa shape index (κ3) is 3.96. The minimum Gasteiger partial charge on any atom is -0.493 e. The maximum absolute atomic E-state index is 13.6. The molecule has 0 aliphatic carbocycles. The van der Waals surface area contributed by atoms with Crippen molar-refractivity contribution in [2.24, 2.45) is 0 Å². The maximum Gasteiger partial charge on any atom is 0.246 e. The van der Waals surface area contributed by atoms with E-state index in [4.69, 9.17) is 4.74 Å². The summed E-state index contributed by atoms with van der Waals surface area (Å²) in [6.07, 6.45) is 1.51. The number of aryl methyl sites for hydroxylation is 1. The fourth-order valence-corrected chi connectivity index (χ4v) is 4.23. The van der Waals surface area contributed by atoms with Crippen LogP contribution in [0.2, 0.25) is 0 Å². The first-order valence-electron chi connectivity index (χ1n) is 10.8. The zero-order valence-corrected chi connectivity index (χ0v) is 17.9. The Morgan fingerprint density at radius 2 is 1.94 bits per heavy atom. The highest BCUT2D eigenvalue weighted by Gasteiger charge is 2.21. The summed E-state index contributed by atoms with van der Waals surface area (Å²) >= 11 is 0. The Labute approximate surface area is 186 Å². The number of nitrogens with zero attached hydrogens (tertiary/aromatic N) is 3. The number of para-hydroxylation sites is 2. The highest BCUT2D eigenvalue weighted by molar-refractivity contribution is 5.94. The topological polar surface area (TPSA) is 47.4 Å². The number of aromatic nitrogens is 2. The highest BCUT2D eigenvalue weighted by Crippen LogP contribution is 2.30. The molecule has 1 amide bonds. The smallest absolute Gasteiger partial charge is 0.246 e. The average Bonchev–Trinajstić information content (AvgIpc) is 3.39. The molecule has 0 saturated heterocycles. The van der Waals surface area contributed by atoms with Gasteiger partial charge in [-0.05, 0) is 54.8 Å². The number of halogens is 1. The molecule has 0 radical (unpaired) electrons. The van der Waals surface area contributed by atoms with Gasteiger partial charge >= 0.3 is 0 Å². The molecule has 0 atom stereocenters. The lowest BCUT2D eigenvalue weighted by atomic mass is 10.1. The van der Waals surface area contributed by atoms with Gasteiger partial charge in [-0.2, -0.15) is 0 Å². The Kier molecular flexibility index (Phi) is 5.35. The first-order valence-corrected chi connectivity index (χ1v) is 10.8. The van der Waals surface area contributed by atoms with Gasteiger partial charge < -0.3 is 14.2 Å². The second-order valence-corrected chi connectivity index (χ2v) is 8.05. The van der Waals surface area contributed by atoms with Crippen molar-refractivity contribution >= 4 is 22.6 Å². The second-order valence-electron chi connectivity index (χ2n) is 8.05. The van der Waals surface area contributed by atoms with Crippen LogP contribution in [-0.2, 0) is 24.2 Å². The van der Waals surface area contributed by atoms with Gasteiger partial charge in [0.1, 0.15) is 23.9 Å². The van der Waals surface area contributed by atoms with Crippen molar-refractivity contribution < 1.29 is 13.9 Å². The molecule has 1 aliphatic heterocycles. The van der Waals surface area contributed by atoms with Crippen LogP contribution in [0, 0.1) is 12.7 Å². The summed E-state index contributed by atoms with van der Waals surface area (Å²) in [7, 11) is 0. The highest BCUT2D eigenvalue weighted by atomic mass is 19.1. The Morgan fingerprint density at radius 3 is 2.78 bits per heavy atom. The van der Waals surface area contributed by atoms with E-state index < -0.39 is 0 Å². The van der Waals surface area contributed by atoms with Crippen LogP contribution in [0.4, 0.5) is 10.1 Å². The summed E-state index contributed by atoms with van der Waals surface area (Å²) in [4.78, 5) is 19.9. The van der Waals surface area contributed by atoms with Gasteiger partial charge in [0.2, 0.25) is 5.91 Å². The van der Waals surface area contributed by atoms with Gasteiger partial charge in [0.05, 0.1) is 17.6 Å². The fraction of sp³-hybridized carbons (Fsp3) is 0.231. The summed E-state index contributed by atoms with van der Waals surface area (Å²) in [5, 5.41) is 0. The molecular formula is C26H24FN3O2. The normalized spacial score (nSPS) is 12.6. The molecule has 162 valence electrons. The number of hydrogen-bond donors (Lipinski definition) is 0. The molecule has 1 aliphatic rings. The third-order valence-corrected chi connectivity index (χ3v) is 5.97. The number of benzene rings is 3. The Hall–Kier alpha value is -3.67. The number of hydrogen-bond acceptors (Lipinski definition) is 3. The van der Waals surface area contributed by atoms with E-state index in [1.807, 2.05) is 54.0 Å². The molecule has 0 N–H and O–H groups in total. The average molecular weight is 429 g/mol. The van der Waals surface area contributed by atoms with Gasteiger partial charge in [0, 0.05) is 24.7 Å². The zero-order chi connectivity index (χ0) is 22.1. The minimum absolute atomic E-state index is 0.0312. The van der Waals surface area contributed by atoms with Crippen molar-refractivity contribution in [1.82, 2.24) is 9.55 Å². The standard InChI is InChI=1S/C26H24FN3O2/c1-18-28-23-4-2-3-5-24(23)30(18)17-26(31)29(14-12-19-6-9-21(27)10-7-19)22-11-8-20-13-15-32-25(20)16-22/h2-11,16H,12-15,17H2,1H3. The Morgan fingerprint density at radius 1 is 1.12 bits per heavy atom. The predicted molar refractivity (Wildman–Crippen MR) is 123 cm³/mol. The number of imidazole rings is 1. The largest absolute Gasteiger partial charge is 0.493 e. The molecule has 5 rings (SSSR count). The van der Waals surface area contributed by atoms with E-state index in [1.54, 1.807) is 17.0 Å².